The minimum atomic E-state index is -0.205. The summed E-state index contributed by atoms with van der Waals surface area (Å²) in [6.07, 6.45) is 0.680. The molecule has 4 rings (SSSR count). The summed E-state index contributed by atoms with van der Waals surface area (Å²) in [5, 5.41) is 11.8. The van der Waals surface area contributed by atoms with Crippen LogP contribution in [0.5, 0.6) is 0 Å². The molecule has 32 heavy (non-hydrogen) atoms. The molecular formula is C23H25ClN6O2. The van der Waals surface area contributed by atoms with E-state index in [1.807, 2.05) is 38.1 Å². The molecule has 9 heteroatoms. The van der Waals surface area contributed by atoms with Crippen molar-refractivity contribution in [3.63, 3.8) is 0 Å². The van der Waals surface area contributed by atoms with Gasteiger partial charge >= 0.3 is 6.03 Å². The van der Waals surface area contributed by atoms with E-state index in [0.717, 1.165) is 11.3 Å². The number of nitrogens with zero attached hydrogens (tertiary/aromatic N) is 5. The lowest BCUT2D eigenvalue weighted by Crippen LogP contribution is -2.39. The minimum absolute atomic E-state index is 0.169. The van der Waals surface area contributed by atoms with E-state index in [2.05, 4.69) is 15.6 Å². The van der Waals surface area contributed by atoms with Gasteiger partial charge in [0.1, 0.15) is 0 Å². The molecule has 0 atom stereocenters. The highest BCUT2D eigenvalue weighted by Gasteiger charge is 2.26. The second kappa shape index (κ2) is 9.40. The van der Waals surface area contributed by atoms with Gasteiger partial charge in [-0.3, -0.25) is 4.79 Å². The van der Waals surface area contributed by atoms with Crippen molar-refractivity contribution < 1.29 is 9.59 Å². The summed E-state index contributed by atoms with van der Waals surface area (Å²) in [6, 6.07) is 14.7. The molecule has 2 aromatic carbocycles. The van der Waals surface area contributed by atoms with Gasteiger partial charge in [0, 0.05) is 36.9 Å². The number of halogens is 1. The van der Waals surface area contributed by atoms with Crippen LogP contribution in [-0.4, -0.2) is 62.9 Å². The van der Waals surface area contributed by atoms with E-state index in [1.165, 1.54) is 0 Å². The number of anilines is 1. The van der Waals surface area contributed by atoms with Crippen LogP contribution in [0.15, 0.2) is 48.5 Å². The summed E-state index contributed by atoms with van der Waals surface area (Å²) >= 11 is 5.99. The maximum absolute atomic E-state index is 13.2. The third kappa shape index (κ3) is 4.75. The Hall–Kier alpha value is -3.39. The van der Waals surface area contributed by atoms with Crippen LogP contribution < -0.4 is 5.32 Å². The number of nitrogens with one attached hydrogen (secondary N) is 1. The van der Waals surface area contributed by atoms with E-state index in [1.54, 1.807) is 38.7 Å². The van der Waals surface area contributed by atoms with E-state index >= 15 is 0 Å². The third-order valence-corrected chi connectivity index (χ3v) is 5.76. The van der Waals surface area contributed by atoms with Crippen molar-refractivity contribution >= 4 is 29.2 Å². The van der Waals surface area contributed by atoms with Gasteiger partial charge in [0.25, 0.3) is 5.91 Å². The number of hydrogen-bond acceptors (Lipinski definition) is 4. The molecule has 0 saturated carbocycles. The molecule has 0 radical (unpaired) electrons. The predicted molar refractivity (Wildman–Crippen MR) is 123 cm³/mol. The quantitative estimate of drug-likeness (QED) is 0.652. The standard InChI is InChI=1S/C23H25ClN6O2/c1-16-7-9-20(10-8-16)30-17(2)21(26-27-30)22(31)28-11-4-12-29(14-13-28)23(32)25-19-6-3-5-18(24)15-19/h3,5-10,15H,4,11-14H2,1-2H3,(H,25,32). The number of hydrogen-bond donors (Lipinski definition) is 1. The summed E-state index contributed by atoms with van der Waals surface area (Å²) in [5.41, 5.74) is 3.68. The Kier molecular flexibility index (Phi) is 6.41. The van der Waals surface area contributed by atoms with Gasteiger partial charge in [-0.2, -0.15) is 0 Å². The van der Waals surface area contributed by atoms with E-state index < -0.39 is 0 Å². The molecule has 1 saturated heterocycles. The summed E-state index contributed by atoms with van der Waals surface area (Å²) in [4.78, 5) is 29.3. The van der Waals surface area contributed by atoms with Gasteiger partial charge in [-0.25, -0.2) is 9.48 Å². The maximum atomic E-state index is 13.2. The zero-order valence-corrected chi connectivity index (χ0v) is 18.8. The van der Waals surface area contributed by atoms with Crippen LogP contribution in [0.25, 0.3) is 5.69 Å². The SMILES string of the molecule is Cc1ccc(-n2nnc(C(=O)N3CCCN(C(=O)Nc4cccc(Cl)c4)CC3)c2C)cc1. The number of rotatable bonds is 3. The highest BCUT2D eigenvalue weighted by Crippen LogP contribution is 2.18. The van der Waals surface area contributed by atoms with E-state index in [4.69, 9.17) is 11.6 Å². The lowest BCUT2D eigenvalue weighted by atomic mass is 10.2. The molecule has 1 aliphatic heterocycles. The fraction of sp³-hybridized carbons (Fsp3) is 0.304. The second-order valence-corrected chi connectivity index (χ2v) is 8.28. The van der Waals surface area contributed by atoms with Crippen LogP contribution in [0.2, 0.25) is 5.02 Å². The van der Waals surface area contributed by atoms with Crippen molar-refractivity contribution in [1.82, 2.24) is 24.8 Å². The highest BCUT2D eigenvalue weighted by molar-refractivity contribution is 6.30. The fourth-order valence-electron chi connectivity index (χ4n) is 3.70. The predicted octanol–water partition coefficient (Wildman–Crippen LogP) is 3.92. The molecule has 1 fully saturated rings. The number of aromatic nitrogens is 3. The number of carbonyl (C=O) groups is 2. The largest absolute Gasteiger partial charge is 0.335 e. The normalized spacial score (nSPS) is 14.2. The summed E-state index contributed by atoms with van der Waals surface area (Å²) in [7, 11) is 0. The van der Waals surface area contributed by atoms with Gasteiger partial charge in [0.2, 0.25) is 0 Å². The molecule has 1 aromatic heterocycles. The molecule has 1 N–H and O–H groups in total. The van der Waals surface area contributed by atoms with E-state index in [0.29, 0.717) is 54.7 Å². The van der Waals surface area contributed by atoms with Crippen LogP contribution in [-0.2, 0) is 0 Å². The van der Waals surface area contributed by atoms with Crippen LogP contribution in [0.3, 0.4) is 0 Å². The zero-order chi connectivity index (χ0) is 22.7. The first-order chi connectivity index (χ1) is 15.4. The number of urea groups is 1. The lowest BCUT2D eigenvalue weighted by molar-refractivity contribution is 0.0756. The summed E-state index contributed by atoms with van der Waals surface area (Å²) in [6.45, 7) is 5.84. The van der Waals surface area contributed by atoms with Crippen molar-refractivity contribution in [2.75, 3.05) is 31.5 Å². The lowest BCUT2D eigenvalue weighted by Gasteiger charge is -2.22. The molecule has 0 unspecified atom stereocenters. The molecule has 1 aliphatic rings. The Morgan fingerprint density at radius 2 is 1.69 bits per heavy atom. The van der Waals surface area contributed by atoms with E-state index in [9.17, 15) is 9.59 Å². The van der Waals surface area contributed by atoms with Gasteiger partial charge in [0.15, 0.2) is 5.69 Å². The molecule has 3 amide bonds. The number of benzene rings is 2. The second-order valence-electron chi connectivity index (χ2n) is 7.84. The first-order valence-corrected chi connectivity index (χ1v) is 10.9. The third-order valence-electron chi connectivity index (χ3n) is 5.52. The van der Waals surface area contributed by atoms with Crippen molar-refractivity contribution in [3.8, 4) is 5.69 Å². The molecule has 8 nitrogen and oxygen atoms in total. The van der Waals surface area contributed by atoms with Gasteiger partial charge in [-0.05, 0) is 50.6 Å². The molecule has 166 valence electrons. The molecule has 2 heterocycles. The van der Waals surface area contributed by atoms with Gasteiger partial charge in [-0.1, -0.05) is 40.6 Å². The van der Waals surface area contributed by atoms with Gasteiger partial charge in [0.05, 0.1) is 11.4 Å². The van der Waals surface area contributed by atoms with Crippen LogP contribution in [0.4, 0.5) is 10.5 Å². The van der Waals surface area contributed by atoms with Crippen LogP contribution in [0, 0.1) is 13.8 Å². The Labute approximate surface area is 191 Å². The van der Waals surface area contributed by atoms with Gasteiger partial charge < -0.3 is 15.1 Å². The average molecular weight is 453 g/mol. The smallest absolute Gasteiger partial charge is 0.321 e. The monoisotopic (exact) mass is 452 g/mol. The molecule has 0 spiro atoms. The minimum Gasteiger partial charge on any atom is -0.335 e. The zero-order valence-electron chi connectivity index (χ0n) is 18.1. The van der Waals surface area contributed by atoms with Crippen molar-refractivity contribution in [1.29, 1.82) is 0 Å². The Balaban J connectivity index is 1.41. The molecule has 3 aromatic rings. The Bertz CT molecular complexity index is 1130. The summed E-state index contributed by atoms with van der Waals surface area (Å²) in [5.74, 6) is -0.169. The average Bonchev–Trinajstić information content (AvgIpc) is 2.99. The van der Waals surface area contributed by atoms with Crippen molar-refractivity contribution in [2.45, 2.75) is 20.3 Å². The fourth-order valence-corrected chi connectivity index (χ4v) is 3.89. The van der Waals surface area contributed by atoms with Crippen molar-refractivity contribution in [2.24, 2.45) is 0 Å². The van der Waals surface area contributed by atoms with Crippen LogP contribution >= 0.6 is 11.6 Å². The number of amides is 3. The van der Waals surface area contributed by atoms with E-state index in [-0.39, 0.29) is 11.9 Å². The molecular weight excluding hydrogens is 428 g/mol. The Morgan fingerprint density at radius 3 is 2.44 bits per heavy atom. The maximum Gasteiger partial charge on any atom is 0.321 e. The van der Waals surface area contributed by atoms with Crippen molar-refractivity contribution in [3.05, 3.63) is 70.5 Å². The number of aryl methyl sites for hydroxylation is 1. The molecule has 0 aliphatic carbocycles. The first-order valence-electron chi connectivity index (χ1n) is 10.5. The first kappa shape index (κ1) is 21.8. The van der Waals surface area contributed by atoms with Gasteiger partial charge in [-0.15, -0.1) is 5.10 Å². The highest BCUT2D eigenvalue weighted by atomic mass is 35.5. The topological polar surface area (TPSA) is 83.4 Å². The Morgan fingerprint density at radius 1 is 0.969 bits per heavy atom. The van der Waals surface area contributed by atoms with Crippen LogP contribution in [0.1, 0.15) is 28.2 Å². The summed E-state index contributed by atoms with van der Waals surface area (Å²) < 4.78 is 1.68. The molecule has 0 bridgehead atoms. The number of carbonyl (C=O) groups excluding carboxylic acids is 2.